The number of rotatable bonds is 5. The fourth-order valence-corrected chi connectivity index (χ4v) is 4.27. The van der Waals surface area contributed by atoms with E-state index >= 15 is 0 Å². The van der Waals surface area contributed by atoms with E-state index in [2.05, 4.69) is 9.82 Å². The van der Waals surface area contributed by atoms with Gasteiger partial charge in [-0.1, -0.05) is 18.2 Å². The van der Waals surface area contributed by atoms with Gasteiger partial charge in [-0.2, -0.15) is 5.10 Å². The zero-order valence-corrected chi connectivity index (χ0v) is 16.5. The number of nitrogens with one attached hydrogen (secondary N) is 1. The van der Waals surface area contributed by atoms with Crippen LogP contribution in [0.2, 0.25) is 0 Å². The molecule has 0 saturated heterocycles. The van der Waals surface area contributed by atoms with Crippen LogP contribution < -0.4 is 4.72 Å². The molecule has 1 aromatic carbocycles. The van der Waals surface area contributed by atoms with Gasteiger partial charge in [0, 0.05) is 12.1 Å². The molecule has 2 aromatic heterocycles. The smallest absolute Gasteiger partial charge is 0.284 e. The number of sulfonamides is 1. The summed E-state index contributed by atoms with van der Waals surface area (Å²) in [5.41, 5.74) is 1.87. The third kappa shape index (κ3) is 3.85. The second-order valence-electron chi connectivity index (χ2n) is 6.36. The number of nitrogens with zero attached hydrogens (tertiary/aromatic N) is 2. The summed E-state index contributed by atoms with van der Waals surface area (Å²) in [7, 11) is -3.39. The highest BCUT2D eigenvalue weighted by molar-refractivity contribution is 7.92. The van der Waals surface area contributed by atoms with Crippen molar-refractivity contribution in [2.24, 2.45) is 5.10 Å². The molecule has 0 bridgehead atoms. The standard InChI is InChI=1S/C19H17N3O4S2/c1-28(24,25)21-14-6-2-5-13(11-14)15-12-16(17-7-3-9-26-17)22(20-15)19(23)18-8-4-10-27-18/h2-11,16,21H,12H2,1H3. The quantitative estimate of drug-likeness (QED) is 0.688. The lowest BCUT2D eigenvalue weighted by Gasteiger charge is -2.19. The SMILES string of the molecule is CS(=O)(=O)Nc1cccc(C2=NN(C(=O)c3cccs3)C(c3ccco3)C2)c1. The van der Waals surface area contributed by atoms with Gasteiger partial charge in [0.2, 0.25) is 10.0 Å². The van der Waals surface area contributed by atoms with Gasteiger partial charge in [-0.3, -0.25) is 9.52 Å². The summed E-state index contributed by atoms with van der Waals surface area (Å²) in [5, 5.41) is 7.84. The molecule has 1 N–H and O–H groups in total. The molecule has 1 atom stereocenters. The minimum Gasteiger partial charge on any atom is -0.467 e. The van der Waals surface area contributed by atoms with Crippen LogP contribution in [0.5, 0.6) is 0 Å². The van der Waals surface area contributed by atoms with Gasteiger partial charge >= 0.3 is 0 Å². The number of hydrogen-bond donors (Lipinski definition) is 1. The summed E-state index contributed by atoms with van der Waals surface area (Å²) >= 11 is 1.36. The summed E-state index contributed by atoms with van der Waals surface area (Å²) in [4.78, 5) is 13.5. The minimum atomic E-state index is -3.39. The summed E-state index contributed by atoms with van der Waals surface area (Å²) < 4.78 is 31.0. The van der Waals surface area contributed by atoms with E-state index in [1.165, 1.54) is 16.3 Å². The van der Waals surface area contributed by atoms with Gasteiger partial charge in [0.15, 0.2) is 0 Å². The Bertz CT molecular complexity index is 1120. The predicted octanol–water partition coefficient (Wildman–Crippen LogP) is 3.70. The fraction of sp³-hybridized carbons (Fsp3) is 0.158. The Labute approximate surface area is 166 Å². The Morgan fingerprint density at radius 2 is 2.11 bits per heavy atom. The Balaban J connectivity index is 1.69. The van der Waals surface area contributed by atoms with Crippen LogP contribution in [0.1, 0.15) is 33.5 Å². The van der Waals surface area contributed by atoms with Crippen molar-refractivity contribution in [1.29, 1.82) is 0 Å². The highest BCUT2D eigenvalue weighted by Gasteiger charge is 2.35. The molecule has 9 heteroatoms. The number of carbonyl (C=O) groups excluding carboxylic acids is 1. The third-order valence-electron chi connectivity index (χ3n) is 4.22. The molecule has 1 aliphatic rings. The Kier molecular flexibility index (Phi) is 4.78. The van der Waals surface area contributed by atoms with Crippen LogP contribution in [-0.4, -0.2) is 31.3 Å². The van der Waals surface area contributed by atoms with Crippen molar-refractivity contribution in [2.75, 3.05) is 11.0 Å². The first kappa shape index (κ1) is 18.5. The maximum Gasteiger partial charge on any atom is 0.284 e. The van der Waals surface area contributed by atoms with Crippen molar-refractivity contribution in [3.8, 4) is 0 Å². The van der Waals surface area contributed by atoms with E-state index in [0.29, 0.717) is 28.5 Å². The Morgan fingerprint density at radius 1 is 1.25 bits per heavy atom. The van der Waals surface area contributed by atoms with Crippen molar-refractivity contribution in [3.05, 3.63) is 76.4 Å². The van der Waals surface area contributed by atoms with Crippen LogP contribution in [-0.2, 0) is 10.0 Å². The van der Waals surface area contributed by atoms with Gasteiger partial charge in [-0.25, -0.2) is 13.4 Å². The summed E-state index contributed by atoms with van der Waals surface area (Å²) in [6.45, 7) is 0. The fourth-order valence-electron chi connectivity index (χ4n) is 3.06. The van der Waals surface area contributed by atoms with Crippen LogP contribution in [0.25, 0.3) is 0 Å². The molecule has 1 aliphatic heterocycles. The van der Waals surface area contributed by atoms with Gasteiger partial charge in [0.1, 0.15) is 11.8 Å². The van der Waals surface area contributed by atoms with E-state index in [4.69, 9.17) is 4.42 Å². The average Bonchev–Trinajstić information content (AvgIpc) is 3.40. The Hall–Kier alpha value is -2.91. The zero-order valence-electron chi connectivity index (χ0n) is 14.9. The lowest BCUT2D eigenvalue weighted by molar-refractivity contribution is 0.0698. The third-order valence-corrected chi connectivity index (χ3v) is 5.69. The second-order valence-corrected chi connectivity index (χ2v) is 9.06. The van der Waals surface area contributed by atoms with Crippen LogP contribution in [0.4, 0.5) is 5.69 Å². The van der Waals surface area contributed by atoms with Crippen molar-refractivity contribution < 1.29 is 17.6 Å². The number of hydrogen-bond acceptors (Lipinski definition) is 6. The first-order valence-corrected chi connectivity index (χ1v) is 11.2. The second kappa shape index (κ2) is 7.25. The van der Waals surface area contributed by atoms with Crippen molar-refractivity contribution >= 4 is 38.7 Å². The van der Waals surface area contributed by atoms with E-state index in [-0.39, 0.29) is 11.9 Å². The van der Waals surface area contributed by atoms with Crippen LogP contribution in [0.3, 0.4) is 0 Å². The summed E-state index contributed by atoms with van der Waals surface area (Å²) in [5.74, 6) is 0.450. The lowest BCUT2D eigenvalue weighted by atomic mass is 10.0. The summed E-state index contributed by atoms with van der Waals surface area (Å²) in [6.07, 6.45) is 3.13. The number of amides is 1. The van der Waals surface area contributed by atoms with Crippen LogP contribution in [0, 0.1) is 0 Å². The number of hydrazone groups is 1. The van der Waals surface area contributed by atoms with E-state index in [1.807, 2.05) is 23.6 Å². The molecule has 28 heavy (non-hydrogen) atoms. The molecule has 0 fully saturated rings. The molecule has 0 spiro atoms. The molecule has 0 aliphatic carbocycles. The predicted molar refractivity (Wildman–Crippen MR) is 108 cm³/mol. The van der Waals surface area contributed by atoms with Gasteiger partial charge in [-0.15, -0.1) is 11.3 Å². The monoisotopic (exact) mass is 415 g/mol. The maximum atomic E-state index is 12.9. The first-order chi connectivity index (χ1) is 13.4. The molecule has 7 nitrogen and oxygen atoms in total. The lowest BCUT2D eigenvalue weighted by Crippen LogP contribution is -2.26. The molecule has 0 radical (unpaired) electrons. The molecule has 1 amide bonds. The minimum absolute atomic E-state index is 0.197. The molecular weight excluding hydrogens is 398 g/mol. The van der Waals surface area contributed by atoms with Crippen molar-refractivity contribution in [3.63, 3.8) is 0 Å². The molecular formula is C19H17N3O4S2. The summed E-state index contributed by atoms with van der Waals surface area (Å²) in [6, 6.07) is 13.8. The van der Waals surface area contributed by atoms with Crippen molar-refractivity contribution in [1.82, 2.24) is 5.01 Å². The van der Waals surface area contributed by atoms with Gasteiger partial charge in [-0.05, 0) is 41.3 Å². The molecule has 1 unspecified atom stereocenters. The number of thiophene rings is 1. The molecule has 3 aromatic rings. The molecule has 144 valence electrons. The van der Waals surface area contributed by atoms with Crippen molar-refractivity contribution in [2.45, 2.75) is 12.5 Å². The highest BCUT2D eigenvalue weighted by atomic mass is 32.2. The van der Waals surface area contributed by atoms with Crippen LogP contribution in [0.15, 0.2) is 69.7 Å². The number of benzene rings is 1. The largest absolute Gasteiger partial charge is 0.467 e. The maximum absolute atomic E-state index is 12.9. The van der Waals surface area contributed by atoms with Gasteiger partial charge in [0.25, 0.3) is 5.91 Å². The van der Waals surface area contributed by atoms with E-state index in [1.54, 1.807) is 36.6 Å². The number of furan rings is 1. The molecule has 3 heterocycles. The number of carbonyl (C=O) groups is 1. The van der Waals surface area contributed by atoms with Crippen LogP contribution >= 0.6 is 11.3 Å². The van der Waals surface area contributed by atoms with Gasteiger partial charge < -0.3 is 4.42 Å². The highest BCUT2D eigenvalue weighted by Crippen LogP contribution is 2.35. The Morgan fingerprint density at radius 3 is 2.79 bits per heavy atom. The zero-order chi connectivity index (χ0) is 19.7. The van der Waals surface area contributed by atoms with E-state index < -0.39 is 10.0 Å². The van der Waals surface area contributed by atoms with Gasteiger partial charge in [0.05, 0.1) is 23.1 Å². The average molecular weight is 415 g/mol. The van der Waals surface area contributed by atoms with E-state index in [9.17, 15) is 13.2 Å². The topological polar surface area (TPSA) is 92.0 Å². The molecule has 0 saturated carbocycles. The molecule has 4 rings (SSSR count). The normalized spacial score (nSPS) is 16.8. The number of anilines is 1. The first-order valence-electron chi connectivity index (χ1n) is 8.47. The van der Waals surface area contributed by atoms with E-state index in [0.717, 1.165) is 11.8 Å².